The molecule has 0 atom stereocenters. The summed E-state index contributed by atoms with van der Waals surface area (Å²) < 4.78 is 0. The first kappa shape index (κ1) is 12.2. The van der Waals surface area contributed by atoms with Crippen molar-refractivity contribution in [3.8, 4) is 0 Å². The molecule has 1 heterocycles. The summed E-state index contributed by atoms with van der Waals surface area (Å²) in [6.45, 7) is 0. The number of hydrogen-bond acceptors (Lipinski definition) is 3. The topological polar surface area (TPSA) is 79.3 Å². The van der Waals surface area contributed by atoms with Gasteiger partial charge in [0.05, 0.1) is 11.9 Å². The van der Waals surface area contributed by atoms with Gasteiger partial charge in [-0.15, -0.1) is 0 Å². The molecular formula is C11H14N2O3. The van der Waals surface area contributed by atoms with Gasteiger partial charge in [0.25, 0.3) is 0 Å². The van der Waals surface area contributed by atoms with E-state index < -0.39 is 5.97 Å². The fraction of sp³-hybridized carbons (Fsp3) is 0.364. The minimum absolute atomic E-state index is 0.111. The van der Waals surface area contributed by atoms with Gasteiger partial charge in [-0.3, -0.25) is 14.6 Å². The number of aliphatic carboxylic acids is 1. The van der Waals surface area contributed by atoms with Gasteiger partial charge in [-0.05, 0) is 25.0 Å². The Morgan fingerprint density at radius 3 is 2.69 bits per heavy atom. The standard InChI is InChI=1S/C11H14N2O3/c14-10(5-1-2-6-11(15)16)13-9-4-3-7-12-8-9/h3-4,7-8H,1-2,5-6H2,(H,13,14)(H,15,16). The minimum atomic E-state index is -0.826. The number of amides is 1. The van der Waals surface area contributed by atoms with Crippen molar-refractivity contribution in [2.75, 3.05) is 5.32 Å². The lowest BCUT2D eigenvalue weighted by molar-refractivity contribution is -0.137. The number of carbonyl (C=O) groups is 2. The molecule has 16 heavy (non-hydrogen) atoms. The van der Waals surface area contributed by atoms with Crippen molar-refractivity contribution in [2.45, 2.75) is 25.7 Å². The van der Waals surface area contributed by atoms with Crippen LogP contribution in [-0.2, 0) is 9.59 Å². The molecule has 0 bridgehead atoms. The lowest BCUT2D eigenvalue weighted by Gasteiger charge is -2.03. The van der Waals surface area contributed by atoms with Crippen molar-refractivity contribution in [2.24, 2.45) is 0 Å². The van der Waals surface area contributed by atoms with Crippen LogP contribution in [0.25, 0.3) is 0 Å². The molecule has 0 saturated heterocycles. The number of nitrogens with one attached hydrogen (secondary N) is 1. The summed E-state index contributed by atoms with van der Waals surface area (Å²) in [5, 5.41) is 11.1. The maximum atomic E-state index is 11.4. The highest BCUT2D eigenvalue weighted by molar-refractivity contribution is 5.90. The Bertz CT molecular complexity index is 352. The van der Waals surface area contributed by atoms with E-state index >= 15 is 0 Å². The highest BCUT2D eigenvalue weighted by atomic mass is 16.4. The first-order chi connectivity index (χ1) is 7.68. The average Bonchev–Trinajstić information content (AvgIpc) is 2.25. The van der Waals surface area contributed by atoms with Crippen LogP contribution in [-0.4, -0.2) is 22.0 Å². The van der Waals surface area contributed by atoms with Crippen LogP contribution >= 0.6 is 0 Å². The van der Waals surface area contributed by atoms with E-state index in [4.69, 9.17) is 5.11 Å². The number of carboxylic acids is 1. The Labute approximate surface area is 93.5 Å². The largest absolute Gasteiger partial charge is 0.481 e. The van der Waals surface area contributed by atoms with Gasteiger partial charge in [0.1, 0.15) is 0 Å². The second-order valence-corrected chi connectivity index (χ2v) is 3.39. The fourth-order valence-corrected chi connectivity index (χ4v) is 1.22. The molecule has 1 aromatic rings. The summed E-state index contributed by atoms with van der Waals surface area (Å²) in [5.74, 6) is -0.939. The molecule has 1 rings (SSSR count). The molecule has 0 aliphatic heterocycles. The quantitative estimate of drug-likeness (QED) is 0.717. The van der Waals surface area contributed by atoms with Crippen LogP contribution in [0.3, 0.4) is 0 Å². The van der Waals surface area contributed by atoms with Crippen LogP contribution in [0.4, 0.5) is 5.69 Å². The van der Waals surface area contributed by atoms with Crippen LogP contribution < -0.4 is 5.32 Å². The number of anilines is 1. The Kier molecular flexibility index (Phi) is 4.98. The van der Waals surface area contributed by atoms with E-state index in [-0.39, 0.29) is 12.3 Å². The molecular weight excluding hydrogens is 208 g/mol. The van der Waals surface area contributed by atoms with E-state index in [1.165, 1.54) is 0 Å². The average molecular weight is 222 g/mol. The van der Waals surface area contributed by atoms with Gasteiger partial charge in [0.2, 0.25) is 5.91 Å². The molecule has 0 aliphatic rings. The summed E-state index contributed by atoms with van der Waals surface area (Å²) in [6.07, 6.45) is 4.74. The number of aromatic nitrogens is 1. The zero-order valence-electron chi connectivity index (χ0n) is 8.85. The lowest BCUT2D eigenvalue weighted by atomic mass is 10.2. The number of pyridine rings is 1. The van der Waals surface area contributed by atoms with Crippen LogP contribution in [0.2, 0.25) is 0 Å². The number of hydrogen-bond donors (Lipinski definition) is 2. The molecule has 0 aromatic carbocycles. The van der Waals surface area contributed by atoms with Crippen molar-refractivity contribution in [3.05, 3.63) is 24.5 Å². The normalized spacial score (nSPS) is 9.75. The smallest absolute Gasteiger partial charge is 0.303 e. The van der Waals surface area contributed by atoms with Gasteiger partial charge in [0.15, 0.2) is 0 Å². The monoisotopic (exact) mass is 222 g/mol. The van der Waals surface area contributed by atoms with E-state index in [2.05, 4.69) is 10.3 Å². The van der Waals surface area contributed by atoms with E-state index in [9.17, 15) is 9.59 Å². The second-order valence-electron chi connectivity index (χ2n) is 3.39. The maximum absolute atomic E-state index is 11.4. The molecule has 1 amide bonds. The molecule has 5 nitrogen and oxygen atoms in total. The third-order valence-electron chi connectivity index (χ3n) is 1.99. The number of nitrogens with zero attached hydrogens (tertiary/aromatic N) is 1. The SMILES string of the molecule is O=C(O)CCCCC(=O)Nc1cccnc1. The molecule has 1 aromatic heterocycles. The predicted molar refractivity (Wildman–Crippen MR) is 59.0 cm³/mol. The molecule has 0 saturated carbocycles. The number of unbranched alkanes of at least 4 members (excludes halogenated alkanes) is 1. The van der Waals surface area contributed by atoms with Crippen molar-refractivity contribution >= 4 is 17.6 Å². The summed E-state index contributed by atoms with van der Waals surface area (Å²) in [6, 6.07) is 3.49. The third-order valence-corrected chi connectivity index (χ3v) is 1.99. The first-order valence-electron chi connectivity index (χ1n) is 5.10. The summed E-state index contributed by atoms with van der Waals surface area (Å²) >= 11 is 0. The van der Waals surface area contributed by atoms with Gasteiger partial charge >= 0.3 is 5.97 Å². The zero-order chi connectivity index (χ0) is 11.8. The van der Waals surface area contributed by atoms with Crippen LogP contribution in [0, 0.1) is 0 Å². The predicted octanol–water partition coefficient (Wildman–Crippen LogP) is 1.67. The van der Waals surface area contributed by atoms with E-state index in [0.717, 1.165) is 0 Å². The Hall–Kier alpha value is -1.91. The number of carboxylic acid groups (broad SMARTS) is 1. The van der Waals surface area contributed by atoms with E-state index in [1.807, 2.05) is 0 Å². The van der Waals surface area contributed by atoms with E-state index in [0.29, 0.717) is 24.9 Å². The molecule has 0 aliphatic carbocycles. The Morgan fingerprint density at radius 2 is 2.06 bits per heavy atom. The van der Waals surface area contributed by atoms with Gasteiger partial charge in [-0.25, -0.2) is 0 Å². The molecule has 86 valence electrons. The fourth-order valence-electron chi connectivity index (χ4n) is 1.22. The zero-order valence-corrected chi connectivity index (χ0v) is 8.85. The van der Waals surface area contributed by atoms with Gasteiger partial charge in [-0.1, -0.05) is 0 Å². The number of rotatable bonds is 6. The summed E-state index contributed by atoms with van der Waals surface area (Å²) in [7, 11) is 0. The highest BCUT2D eigenvalue weighted by Gasteiger charge is 2.03. The van der Waals surface area contributed by atoms with Crippen molar-refractivity contribution in [3.63, 3.8) is 0 Å². The minimum Gasteiger partial charge on any atom is -0.481 e. The van der Waals surface area contributed by atoms with Gasteiger partial charge in [-0.2, -0.15) is 0 Å². The van der Waals surface area contributed by atoms with Crippen LogP contribution in [0.1, 0.15) is 25.7 Å². The van der Waals surface area contributed by atoms with Crippen molar-refractivity contribution in [1.82, 2.24) is 4.98 Å². The van der Waals surface area contributed by atoms with Crippen molar-refractivity contribution < 1.29 is 14.7 Å². The van der Waals surface area contributed by atoms with Crippen molar-refractivity contribution in [1.29, 1.82) is 0 Å². The van der Waals surface area contributed by atoms with Gasteiger partial charge < -0.3 is 10.4 Å². The van der Waals surface area contributed by atoms with Crippen LogP contribution in [0.15, 0.2) is 24.5 Å². The first-order valence-corrected chi connectivity index (χ1v) is 5.10. The number of carbonyl (C=O) groups excluding carboxylic acids is 1. The molecule has 2 N–H and O–H groups in total. The summed E-state index contributed by atoms with van der Waals surface area (Å²) in [4.78, 5) is 25.5. The third kappa shape index (κ3) is 5.09. The highest BCUT2D eigenvalue weighted by Crippen LogP contribution is 2.05. The molecule has 0 radical (unpaired) electrons. The molecule has 5 heteroatoms. The second kappa shape index (κ2) is 6.55. The Balaban J connectivity index is 2.19. The Morgan fingerprint density at radius 1 is 1.31 bits per heavy atom. The van der Waals surface area contributed by atoms with Crippen LogP contribution in [0.5, 0.6) is 0 Å². The molecule has 0 fully saturated rings. The molecule has 0 unspecified atom stereocenters. The lowest BCUT2D eigenvalue weighted by Crippen LogP contribution is -2.11. The van der Waals surface area contributed by atoms with E-state index in [1.54, 1.807) is 24.5 Å². The maximum Gasteiger partial charge on any atom is 0.303 e. The van der Waals surface area contributed by atoms with Gasteiger partial charge in [0, 0.05) is 19.0 Å². The summed E-state index contributed by atoms with van der Waals surface area (Å²) in [5.41, 5.74) is 0.658. The molecule has 0 spiro atoms.